The van der Waals surface area contributed by atoms with Crippen LogP contribution < -0.4 is 0 Å². The summed E-state index contributed by atoms with van der Waals surface area (Å²) in [6.07, 6.45) is 0.250. The maximum atomic E-state index is 11.3. The van der Waals surface area contributed by atoms with Crippen LogP contribution in [0.3, 0.4) is 0 Å². The van der Waals surface area contributed by atoms with E-state index in [2.05, 4.69) is 4.74 Å². The van der Waals surface area contributed by atoms with E-state index < -0.39 is 0 Å². The quantitative estimate of drug-likeness (QED) is 0.858. The molecule has 0 fully saturated rings. The lowest BCUT2D eigenvalue weighted by molar-refractivity contribution is -0.191. The zero-order chi connectivity index (χ0) is 15.8. The highest BCUT2D eigenvalue weighted by Gasteiger charge is 2.07. The lowest BCUT2D eigenvalue weighted by atomic mass is 10.0. The summed E-state index contributed by atoms with van der Waals surface area (Å²) in [6.45, 7) is 1.92. The molecule has 2 aromatic rings. The fourth-order valence-electron chi connectivity index (χ4n) is 1.79. The number of hydrogen-bond acceptors (Lipinski definition) is 5. The second kappa shape index (κ2) is 7.62. The highest BCUT2D eigenvalue weighted by Crippen LogP contribution is 2.29. The van der Waals surface area contributed by atoms with E-state index in [-0.39, 0.29) is 17.9 Å². The minimum absolute atomic E-state index is 0.237. The summed E-state index contributed by atoms with van der Waals surface area (Å²) in [5, 5.41) is 9.88. The van der Waals surface area contributed by atoms with Gasteiger partial charge in [0, 0.05) is 5.56 Å². The molecule has 0 bridgehead atoms. The van der Waals surface area contributed by atoms with E-state index >= 15 is 0 Å². The zero-order valence-electron chi connectivity index (χ0n) is 11.6. The zero-order valence-corrected chi connectivity index (χ0v) is 11.6. The summed E-state index contributed by atoms with van der Waals surface area (Å²) in [6, 6.07) is 12.4. The molecule has 0 spiro atoms. The Balaban J connectivity index is 0.000000677. The molecule has 0 atom stereocenters. The third-order valence-electron chi connectivity index (χ3n) is 2.77. The van der Waals surface area contributed by atoms with E-state index in [1.165, 1.54) is 7.11 Å². The molecule has 0 saturated carbocycles. The number of ether oxygens (including phenoxy) is 1. The van der Waals surface area contributed by atoms with Gasteiger partial charge in [-0.25, -0.2) is 4.79 Å². The first kappa shape index (κ1) is 16.1. The first-order chi connectivity index (χ1) is 10.0. The third-order valence-corrected chi connectivity index (χ3v) is 2.77. The molecule has 2 aromatic carbocycles. The van der Waals surface area contributed by atoms with Crippen molar-refractivity contribution in [3.8, 4) is 16.9 Å². The van der Waals surface area contributed by atoms with Crippen LogP contribution in [0.25, 0.3) is 11.1 Å². The summed E-state index contributed by atoms with van der Waals surface area (Å²) < 4.78 is 4.63. The molecule has 0 aliphatic rings. The fraction of sp³-hybridized carbons (Fsp3) is 0.125. The van der Waals surface area contributed by atoms with Gasteiger partial charge in [0.25, 0.3) is 0 Å². The molecule has 0 aliphatic carbocycles. The average Bonchev–Trinajstić information content (AvgIpc) is 2.47. The number of methoxy groups -OCH3 is 1. The van der Waals surface area contributed by atoms with Crippen LogP contribution in [0.1, 0.15) is 15.9 Å². The first-order valence-electron chi connectivity index (χ1n) is 6.01. The van der Waals surface area contributed by atoms with E-state index in [9.17, 15) is 9.90 Å². The number of hydrogen-bond donors (Lipinski definition) is 1. The Labute approximate surface area is 121 Å². The second-order valence-electron chi connectivity index (χ2n) is 4.17. The fourth-order valence-corrected chi connectivity index (χ4v) is 1.79. The molecule has 2 rings (SSSR count). The molecule has 21 heavy (non-hydrogen) atoms. The van der Waals surface area contributed by atoms with E-state index in [1.807, 2.05) is 19.1 Å². The van der Waals surface area contributed by atoms with Crippen molar-refractivity contribution < 1.29 is 24.2 Å². The number of carbonyl (C=O) groups is 1. The van der Waals surface area contributed by atoms with Crippen molar-refractivity contribution in [1.82, 2.24) is 0 Å². The van der Waals surface area contributed by atoms with Crippen LogP contribution in [0, 0.1) is 6.92 Å². The van der Waals surface area contributed by atoms with E-state index in [0.717, 1.165) is 16.7 Å². The normalized spacial score (nSPS) is 9.05. The maximum Gasteiger partial charge on any atom is 0.373 e. The number of esters is 1. The standard InChI is InChI=1S/C15H14O3.CO2/c1-10-3-8-13(14(16)9-10)11-4-6-12(7-5-11)15(17)18-2;2-1-3/h3-9,16H,1-2H3;. The van der Waals surface area contributed by atoms with Gasteiger partial charge in [-0.05, 0) is 36.2 Å². The monoisotopic (exact) mass is 286 g/mol. The van der Waals surface area contributed by atoms with Crippen molar-refractivity contribution in [3.05, 3.63) is 53.6 Å². The van der Waals surface area contributed by atoms with E-state index in [4.69, 9.17) is 9.59 Å². The number of benzene rings is 2. The van der Waals surface area contributed by atoms with Gasteiger partial charge < -0.3 is 9.84 Å². The van der Waals surface area contributed by atoms with Crippen molar-refractivity contribution in [2.45, 2.75) is 6.92 Å². The molecule has 0 unspecified atom stereocenters. The SMILES string of the molecule is COC(=O)c1ccc(-c2ccc(C)cc2O)cc1.O=C=O. The molecule has 0 aliphatic heterocycles. The number of aromatic hydroxyl groups is 1. The predicted molar refractivity (Wildman–Crippen MR) is 74.6 cm³/mol. The van der Waals surface area contributed by atoms with Gasteiger partial charge in [0.2, 0.25) is 0 Å². The number of phenolic OH excluding ortho intramolecular Hbond substituents is 1. The van der Waals surface area contributed by atoms with Crippen LogP contribution >= 0.6 is 0 Å². The van der Waals surface area contributed by atoms with Crippen LogP contribution in [-0.2, 0) is 14.3 Å². The van der Waals surface area contributed by atoms with Crippen molar-refractivity contribution in [2.24, 2.45) is 0 Å². The molecule has 108 valence electrons. The van der Waals surface area contributed by atoms with Crippen molar-refractivity contribution in [3.63, 3.8) is 0 Å². The molecule has 0 amide bonds. The highest BCUT2D eigenvalue weighted by molar-refractivity contribution is 5.90. The van der Waals surface area contributed by atoms with Crippen molar-refractivity contribution >= 4 is 12.1 Å². The maximum absolute atomic E-state index is 11.3. The van der Waals surface area contributed by atoms with Gasteiger partial charge in [-0.15, -0.1) is 0 Å². The minimum Gasteiger partial charge on any atom is -0.507 e. The Hall–Kier alpha value is -2.91. The summed E-state index contributed by atoms with van der Waals surface area (Å²) in [5.41, 5.74) is 3.10. The average molecular weight is 286 g/mol. The predicted octanol–water partition coefficient (Wildman–Crippen LogP) is 2.57. The minimum atomic E-state index is -0.366. The lowest BCUT2D eigenvalue weighted by Crippen LogP contribution is -2.00. The molecular weight excluding hydrogens is 272 g/mol. The van der Waals surface area contributed by atoms with Crippen LogP contribution in [0.15, 0.2) is 42.5 Å². The number of rotatable bonds is 2. The number of carbonyl (C=O) groups excluding carboxylic acids is 3. The summed E-state index contributed by atoms with van der Waals surface area (Å²) >= 11 is 0. The van der Waals surface area contributed by atoms with Gasteiger partial charge >= 0.3 is 12.1 Å². The Kier molecular flexibility index (Phi) is 5.86. The van der Waals surface area contributed by atoms with Gasteiger partial charge in [-0.3, -0.25) is 0 Å². The molecule has 5 heteroatoms. The Bertz CT molecular complexity index is 653. The highest BCUT2D eigenvalue weighted by atomic mass is 16.5. The number of aryl methyl sites for hydroxylation is 1. The van der Waals surface area contributed by atoms with Crippen molar-refractivity contribution in [1.29, 1.82) is 0 Å². The van der Waals surface area contributed by atoms with Crippen LogP contribution in [-0.4, -0.2) is 24.3 Å². The van der Waals surface area contributed by atoms with Gasteiger partial charge in [-0.2, -0.15) is 9.59 Å². The molecule has 0 radical (unpaired) electrons. The topological polar surface area (TPSA) is 80.7 Å². The molecule has 0 aromatic heterocycles. The van der Waals surface area contributed by atoms with Crippen LogP contribution in [0.4, 0.5) is 0 Å². The second-order valence-corrected chi connectivity index (χ2v) is 4.17. The van der Waals surface area contributed by atoms with Gasteiger partial charge in [-0.1, -0.05) is 24.3 Å². The summed E-state index contributed by atoms with van der Waals surface area (Å²) in [5.74, 6) is -0.129. The van der Waals surface area contributed by atoms with Crippen molar-refractivity contribution in [2.75, 3.05) is 7.11 Å². The molecular formula is C16H14O5. The van der Waals surface area contributed by atoms with E-state index in [1.54, 1.807) is 30.3 Å². The summed E-state index contributed by atoms with van der Waals surface area (Å²) in [7, 11) is 1.35. The summed E-state index contributed by atoms with van der Waals surface area (Å²) in [4.78, 5) is 27.6. The molecule has 0 saturated heterocycles. The Morgan fingerprint density at radius 3 is 2.14 bits per heavy atom. The first-order valence-corrected chi connectivity index (χ1v) is 6.01. The smallest absolute Gasteiger partial charge is 0.373 e. The Morgan fingerprint density at radius 1 is 1.10 bits per heavy atom. The van der Waals surface area contributed by atoms with E-state index in [0.29, 0.717) is 5.56 Å². The van der Waals surface area contributed by atoms with Gasteiger partial charge in [0.05, 0.1) is 12.7 Å². The Morgan fingerprint density at radius 2 is 1.67 bits per heavy atom. The third kappa shape index (κ3) is 4.30. The molecule has 0 heterocycles. The molecule has 1 N–H and O–H groups in total. The molecule has 5 nitrogen and oxygen atoms in total. The van der Waals surface area contributed by atoms with Crippen LogP contribution in [0.5, 0.6) is 5.75 Å². The van der Waals surface area contributed by atoms with Gasteiger partial charge in [0.1, 0.15) is 5.75 Å². The largest absolute Gasteiger partial charge is 0.507 e. The van der Waals surface area contributed by atoms with Crippen LogP contribution in [0.2, 0.25) is 0 Å². The number of phenols is 1. The van der Waals surface area contributed by atoms with Gasteiger partial charge in [0.15, 0.2) is 0 Å². The lowest BCUT2D eigenvalue weighted by Gasteiger charge is -2.06.